The Morgan fingerprint density at radius 3 is 1.07 bits per heavy atom. The first kappa shape index (κ1) is 28.4. The minimum absolute atomic E-state index is 0.0487. The summed E-state index contributed by atoms with van der Waals surface area (Å²) in [6.45, 7) is 0. The Hall–Kier alpha value is -4.58. The van der Waals surface area contributed by atoms with Gasteiger partial charge in [-0.3, -0.25) is 20.4 Å². The van der Waals surface area contributed by atoms with Gasteiger partial charge in [-0.25, -0.2) is 10.0 Å². The number of benzene rings is 4. The zero-order chi connectivity index (χ0) is 27.8. The molecule has 40 heavy (non-hydrogen) atoms. The number of hydrogen-bond acceptors (Lipinski definition) is 4. The summed E-state index contributed by atoms with van der Waals surface area (Å²) in [5.41, 5.74) is 9.91. The standard InChI is InChI=1S/C34H38N4O2/c39-33(37(31-23-13-7-14-24-31)35-29-19-9-5-10-20-29)27-17-3-1-2-4-18-28-34(40)38(32-25-15-8-16-26-32)36-30-21-11-6-12-22-30/h5-16,19-26,35-36H,1-4,17-18,27-28H2. The molecule has 0 unspecified atom stereocenters. The lowest BCUT2D eigenvalue weighted by Gasteiger charge is -2.24. The van der Waals surface area contributed by atoms with Crippen molar-refractivity contribution in [1.82, 2.24) is 0 Å². The van der Waals surface area contributed by atoms with Crippen molar-refractivity contribution in [2.24, 2.45) is 0 Å². The van der Waals surface area contributed by atoms with E-state index < -0.39 is 0 Å². The summed E-state index contributed by atoms with van der Waals surface area (Å²) in [4.78, 5) is 26.2. The van der Waals surface area contributed by atoms with E-state index in [0.29, 0.717) is 12.8 Å². The van der Waals surface area contributed by atoms with Crippen LogP contribution in [0, 0.1) is 0 Å². The van der Waals surface area contributed by atoms with Crippen LogP contribution in [0.1, 0.15) is 51.4 Å². The van der Waals surface area contributed by atoms with Crippen LogP contribution in [0.5, 0.6) is 0 Å². The fourth-order valence-corrected chi connectivity index (χ4v) is 4.46. The number of carbonyl (C=O) groups excluding carboxylic acids is 2. The molecule has 4 aromatic carbocycles. The third-order valence-corrected chi connectivity index (χ3v) is 6.59. The predicted molar refractivity (Wildman–Crippen MR) is 165 cm³/mol. The Balaban J connectivity index is 1.17. The fourth-order valence-electron chi connectivity index (χ4n) is 4.46. The van der Waals surface area contributed by atoms with E-state index in [1.54, 1.807) is 10.0 Å². The molecule has 0 bridgehead atoms. The van der Waals surface area contributed by atoms with Crippen molar-refractivity contribution in [3.05, 3.63) is 121 Å². The van der Waals surface area contributed by atoms with Crippen molar-refractivity contribution in [2.45, 2.75) is 51.4 Å². The number of para-hydroxylation sites is 4. The van der Waals surface area contributed by atoms with Crippen molar-refractivity contribution in [3.63, 3.8) is 0 Å². The van der Waals surface area contributed by atoms with Gasteiger partial charge in [-0.2, -0.15) is 0 Å². The molecule has 6 heteroatoms. The zero-order valence-electron chi connectivity index (χ0n) is 22.9. The maximum Gasteiger partial charge on any atom is 0.245 e. The molecule has 0 saturated carbocycles. The minimum Gasteiger partial charge on any atom is -0.291 e. The summed E-state index contributed by atoms with van der Waals surface area (Å²) in [7, 11) is 0. The number of hydrazine groups is 2. The SMILES string of the molecule is O=C(CCCCCCCCC(=O)N(Nc1ccccc1)c1ccccc1)N(Nc1ccccc1)c1ccccc1. The normalized spacial score (nSPS) is 10.5. The molecule has 0 atom stereocenters. The summed E-state index contributed by atoms with van der Waals surface area (Å²) in [6, 6.07) is 38.9. The van der Waals surface area contributed by atoms with Crippen LogP contribution in [-0.2, 0) is 9.59 Å². The third-order valence-electron chi connectivity index (χ3n) is 6.59. The molecule has 0 aliphatic carbocycles. The maximum atomic E-state index is 13.1. The van der Waals surface area contributed by atoms with Crippen LogP contribution in [0.2, 0.25) is 0 Å². The van der Waals surface area contributed by atoms with Gasteiger partial charge in [0, 0.05) is 12.8 Å². The molecule has 6 nitrogen and oxygen atoms in total. The van der Waals surface area contributed by atoms with Crippen molar-refractivity contribution < 1.29 is 9.59 Å². The molecular weight excluding hydrogens is 496 g/mol. The smallest absolute Gasteiger partial charge is 0.245 e. The van der Waals surface area contributed by atoms with E-state index in [2.05, 4.69) is 10.9 Å². The molecule has 2 N–H and O–H groups in total. The first-order valence-electron chi connectivity index (χ1n) is 14.1. The lowest BCUT2D eigenvalue weighted by atomic mass is 10.1. The van der Waals surface area contributed by atoms with E-state index in [-0.39, 0.29) is 11.8 Å². The van der Waals surface area contributed by atoms with Gasteiger partial charge in [-0.1, -0.05) is 98.5 Å². The summed E-state index contributed by atoms with van der Waals surface area (Å²) in [6.07, 6.45) is 6.68. The molecule has 2 amide bonds. The van der Waals surface area contributed by atoms with Crippen molar-refractivity contribution in [1.29, 1.82) is 0 Å². The summed E-state index contributed by atoms with van der Waals surface area (Å²) in [5, 5.41) is 3.28. The highest BCUT2D eigenvalue weighted by Gasteiger charge is 2.17. The Labute approximate surface area is 237 Å². The molecule has 0 fully saturated rings. The number of hydrogen-bond donors (Lipinski definition) is 2. The number of unbranched alkanes of at least 4 members (excludes halogenated alkanes) is 5. The molecule has 0 aliphatic rings. The number of nitrogens with zero attached hydrogens (tertiary/aromatic N) is 2. The molecule has 206 valence electrons. The Morgan fingerprint density at radius 2 is 0.725 bits per heavy atom. The summed E-state index contributed by atoms with van der Waals surface area (Å²) in [5.74, 6) is 0.0974. The molecule has 4 rings (SSSR count). The number of anilines is 4. The van der Waals surface area contributed by atoms with Crippen LogP contribution in [0.25, 0.3) is 0 Å². The molecule has 0 saturated heterocycles. The molecule has 0 radical (unpaired) electrons. The van der Waals surface area contributed by atoms with Gasteiger partial charge < -0.3 is 0 Å². The van der Waals surface area contributed by atoms with Crippen LogP contribution in [-0.4, -0.2) is 11.8 Å². The average Bonchev–Trinajstić information content (AvgIpc) is 3.01. The summed E-state index contributed by atoms with van der Waals surface area (Å²) < 4.78 is 0. The van der Waals surface area contributed by atoms with Gasteiger partial charge in [0.05, 0.1) is 22.7 Å². The van der Waals surface area contributed by atoms with Gasteiger partial charge in [0.1, 0.15) is 0 Å². The average molecular weight is 535 g/mol. The van der Waals surface area contributed by atoms with Gasteiger partial charge in [-0.15, -0.1) is 0 Å². The van der Waals surface area contributed by atoms with E-state index >= 15 is 0 Å². The minimum atomic E-state index is 0.0487. The highest BCUT2D eigenvalue weighted by atomic mass is 16.2. The molecule has 4 aromatic rings. The first-order chi connectivity index (χ1) is 19.7. The molecule has 0 aliphatic heterocycles. The van der Waals surface area contributed by atoms with Gasteiger partial charge in [0.2, 0.25) is 11.8 Å². The highest BCUT2D eigenvalue weighted by Crippen LogP contribution is 2.20. The Morgan fingerprint density at radius 1 is 0.425 bits per heavy atom. The van der Waals surface area contributed by atoms with E-state index in [9.17, 15) is 9.59 Å². The molecule has 0 spiro atoms. The Kier molecular flexibility index (Phi) is 11.2. The van der Waals surface area contributed by atoms with Crippen LogP contribution < -0.4 is 20.9 Å². The first-order valence-corrected chi connectivity index (χ1v) is 14.1. The van der Waals surface area contributed by atoms with E-state index in [4.69, 9.17) is 0 Å². The number of nitrogens with one attached hydrogen (secondary N) is 2. The lowest BCUT2D eigenvalue weighted by molar-refractivity contribution is -0.119. The van der Waals surface area contributed by atoms with Gasteiger partial charge in [0.25, 0.3) is 0 Å². The monoisotopic (exact) mass is 534 g/mol. The number of carbonyl (C=O) groups is 2. The van der Waals surface area contributed by atoms with Crippen LogP contribution in [0.15, 0.2) is 121 Å². The number of amides is 2. The van der Waals surface area contributed by atoms with Gasteiger partial charge in [-0.05, 0) is 61.4 Å². The lowest BCUT2D eigenvalue weighted by Crippen LogP contribution is -2.36. The fraction of sp³-hybridized carbons (Fsp3) is 0.235. The van der Waals surface area contributed by atoms with Gasteiger partial charge in [0.15, 0.2) is 0 Å². The van der Waals surface area contributed by atoms with E-state index in [0.717, 1.165) is 61.3 Å². The highest BCUT2D eigenvalue weighted by molar-refractivity contribution is 5.95. The number of rotatable bonds is 15. The third kappa shape index (κ3) is 9.02. The van der Waals surface area contributed by atoms with Crippen molar-refractivity contribution in [3.8, 4) is 0 Å². The molecular formula is C34H38N4O2. The Bertz CT molecular complexity index is 1180. The van der Waals surface area contributed by atoms with Crippen molar-refractivity contribution >= 4 is 34.6 Å². The largest absolute Gasteiger partial charge is 0.291 e. The molecule has 0 heterocycles. The topological polar surface area (TPSA) is 64.7 Å². The molecule has 0 aromatic heterocycles. The second-order valence-electron chi connectivity index (χ2n) is 9.71. The van der Waals surface area contributed by atoms with Crippen LogP contribution in [0.4, 0.5) is 22.7 Å². The van der Waals surface area contributed by atoms with E-state index in [1.807, 2.05) is 121 Å². The van der Waals surface area contributed by atoms with Crippen molar-refractivity contribution in [2.75, 3.05) is 20.9 Å². The predicted octanol–water partition coefficient (Wildman–Crippen LogP) is 8.23. The van der Waals surface area contributed by atoms with E-state index in [1.165, 1.54) is 0 Å². The summed E-state index contributed by atoms with van der Waals surface area (Å²) >= 11 is 0. The van der Waals surface area contributed by atoms with Crippen LogP contribution >= 0.6 is 0 Å². The van der Waals surface area contributed by atoms with Gasteiger partial charge >= 0.3 is 0 Å². The van der Waals surface area contributed by atoms with Crippen LogP contribution in [0.3, 0.4) is 0 Å². The quantitative estimate of drug-likeness (QED) is 0.119. The maximum absolute atomic E-state index is 13.1. The second kappa shape index (κ2) is 15.7. The second-order valence-corrected chi connectivity index (χ2v) is 9.71. The zero-order valence-corrected chi connectivity index (χ0v) is 22.9.